The standard InChI is InChI=1S/C29H35N7O5S3/c1-6-39-21-14-19(15-22(40-7-2)25(21)41-8-3)26(38)30-16-23-32-34-28(36(23)20-12-10-11-18(5)13-20)43-17-24(37)31-27-33-35-29(44-27)42-9-4/h10-15H,6-9,16-17H2,1-5H3,(H,30,38)(H,31,33,37). The molecule has 4 rings (SSSR count). The van der Waals surface area contributed by atoms with E-state index in [4.69, 9.17) is 14.2 Å². The second-order valence-electron chi connectivity index (χ2n) is 9.00. The molecule has 2 aromatic carbocycles. The van der Waals surface area contributed by atoms with Crippen molar-refractivity contribution in [3.63, 3.8) is 0 Å². The quantitative estimate of drug-likeness (QED) is 0.118. The molecule has 0 aliphatic carbocycles. The lowest BCUT2D eigenvalue weighted by Crippen LogP contribution is -2.25. The molecular weight excluding hydrogens is 623 g/mol. The molecule has 0 aliphatic heterocycles. The maximum Gasteiger partial charge on any atom is 0.251 e. The van der Waals surface area contributed by atoms with Crippen LogP contribution in [-0.2, 0) is 11.3 Å². The summed E-state index contributed by atoms with van der Waals surface area (Å²) in [7, 11) is 0. The van der Waals surface area contributed by atoms with Crippen molar-refractivity contribution in [2.45, 2.75) is 50.7 Å². The Hall–Kier alpha value is -3.82. The van der Waals surface area contributed by atoms with Crippen LogP contribution in [0.1, 0.15) is 49.4 Å². The van der Waals surface area contributed by atoms with Crippen LogP contribution in [0.3, 0.4) is 0 Å². The lowest BCUT2D eigenvalue weighted by molar-refractivity contribution is -0.113. The van der Waals surface area contributed by atoms with Crippen molar-refractivity contribution in [2.24, 2.45) is 0 Å². The Kier molecular flexibility index (Phi) is 12.3. The van der Waals surface area contributed by atoms with Crippen molar-refractivity contribution in [3.05, 3.63) is 53.3 Å². The fourth-order valence-electron chi connectivity index (χ4n) is 4.04. The highest BCUT2D eigenvalue weighted by molar-refractivity contribution is 8.01. The highest BCUT2D eigenvalue weighted by atomic mass is 32.2. The molecular formula is C29H35N7O5S3. The zero-order valence-corrected chi connectivity index (χ0v) is 27.7. The van der Waals surface area contributed by atoms with Crippen LogP contribution in [0, 0.1) is 6.92 Å². The topological polar surface area (TPSA) is 142 Å². The number of benzene rings is 2. The van der Waals surface area contributed by atoms with Crippen LogP contribution in [0.2, 0.25) is 0 Å². The van der Waals surface area contributed by atoms with Gasteiger partial charge in [-0.15, -0.1) is 20.4 Å². The number of hydrogen-bond acceptors (Lipinski definition) is 12. The molecule has 2 aromatic heterocycles. The van der Waals surface area contributed by atoms with Crippen LogP contribution in [0.5, 0.6) is 17.2 Å². The van der Waals surface area contributed by atoms with Gasteiger partial charge in [-0.2, -0.15) is 0 Å². The number of carbonyl (C=O) groups excluding carboxylic acids is 2. The van der Waals surface area contributed by atoms with Crippen LogP contribution in [-0.4, -0.2) is 68.1 Å². The molecule has 0 saturated heterocycles. The highest BCUT2D eigenvalue weighted by Gasteiger charge is 2.21. The maximum atomic E-state index is 13.4. The van der Waals surface area contributed by atoms with Gasteiger partial charge in [-0.25, -0.2) is 0 Å². The highest BCUT2D eigenvalue weighted by Crippen LogP contribution is 2.39. The fraction of sp³-hybridized carbons (Fsp3) is 0.379. The van der Waals surface area contributed by atoms with Crippen molar-refractivity contribution in [1.29, 1.82) is 0 Å². The molecule has 15 heteroatoms. The number of anilines is 1. The van der Waals surface area contributed by atoms with E-state index in [1.807, 2.05) is 63.5 Å². The van der Waals surface area contributed by atoms with Crippen LogP contribution in [0.4, 0.5) is 5.13 Å². The number of nitrogens with one attached hydrogen (secondary N) is 2. The van der Waals surface area contributed by atoms with E-state index in [9.17, 15) is 9.59 Å². The smallest absolute Gasteiger partial charge is 0.251 e. The zero-order chi connectivity index (χ0) is 31.5. The molecule has 2 amide bonds. The average molecular weight is 658 g/mol. The summed E-state index contributed by atoms with van der Waals surface area (Å²) < 4.78 is 19.9. The van der Waals surface area contributed by atoms with E-state index in [0.29, 0.717) is 58.7 Å². The van der Waals surface area contributed by atoms with Gasteiger partial charge in [0, 0.05) is 11.3 Å². The molecule has 4 aromatic rings. The van der Waals surface area contributed by atoms with Gasteiger partial charge in [0.15, 0.2) is 26.8 Å². The van der Waals surface area contributed by atoms with Gasteiger partial charge in [-0.3, -0.25) is 19.5 Å². The first kappa shape index (κ1) is 33.1. The normalized spacial score (nSPS) is 10.8. The van der Waals surface area contributed by atoms with Gasteiger partial charge in [0.05, 0.1) is 32.1 Å². The Labute approximate surface area is 268 Å². The van der Waals surface area contributed by atoms with Crippen molar-refractivity contribution in [3.8, 4) is 22.9 Å². The van der Waals surface area contributed by atoms with Gasteiger partial charge in [-0.1, -0.05) is 53.9 Å². The minimum Gasteiger partial charge on any atom is -0.490 e. The third kappa shape index (κ3) is 8.64. The number of hydrogen-bond donors (Lipinski definition) is 2. The summed E-state index contributed by atoms with van der Waals surface area (Å²) in [5.41, 5.74) is 2.20. The summed E-state index contributed by atoms with van der Waals surface area (Å²) in [5, 5.41) is 23.5. The Balaban J connectivity index is 1.53. The fourth-order valence-corrected chi connectivity index (χ4v) is 6.48. The summed E-state index contributed by atoms with van der Waals surface area (Å²) in [6.07, 6.45) is 0. The molecule has 0 fully saturated rings. The molecule has 0 spiro atoms. The number of amides is 2. The Morgan fingerprint density at radius 2 is 1.64 bits per heavy atom. The van der Waals surface area contributed by atoms with E-state index in [2.05, 4.69) is 31.0 Å². The van der Waals surface area contributed by atoms with Gasteiger partial charge in [0.1, 0.15) is 0 Å². The Morgan fingerprint density at radius 1 is 0.909 bits per heavy atom. The van der Waals surface area contributed by atoms with Crippen LogP contribution >= 0.6 is 34.9 Å². The van der Waals surface area contributed by atoms with Crippen LogP contribution in [0.25, 0.3) is 5.69 Å². The molecule has 12 nitrogen and oxygen atoms in total. The summed E-state index contributed by atoms with van der Waals surface area (Å²) in [4.78, 5) is 26.1. The minimum atomic E-state index is -0.347. The first-order valence-corrected chi connectivity index (χ1v) is 16.9. The molecule has 0 unspecified atom stereocenters. The van der Waals surface area contributed by atoms with Crippen molar-refractivity contribution in [1.82, 2.24) is 30.3 Å². The van der Waals surface area contributed by atoms with E-state index in [0.717, 1.165) is 21.3 Å². The summed E-state index contributed by atoms with van der Waals surface area (Å²) >= 11 is 4.14. The lowest BCUT2D eigenvalue weighted by Gasteiger charge is -2.17. The number of carbonyl (C=O) groups is 2. The third-order valence-corrected chi connectivity index (χ3v) is 8.57. The van der Waals surface area contributed by atoms with E-state index >= 15 is 0 Å². The molecule has 0 atom stereocenters. The van der Waals surface area contributed by atoms with Crippen molar-refractivity contribution >= 4 is 51.8 Å². The van der Waals surface area contributed by atoms with Gasteiger partial charge < -0.3 is 19.5 Å². The minimum absolute atomic E-state index is 0.0797. The van der Waals surface area contributed by atoms with E-state index in [-0.39, 0.29) is 24.1 Å². The van der Waals surface area contributed by atoms with E-state index < -0.39 is 0 Å². The molecule has 234 valence electrons. The van der Waals surface area contributed by atoms with Crippen molar-refractivity contribution in [2.75, 3.05) is 36.6 Å². The second-order valence-corrected chi connectivity index (χ2v) is 12.4. The molecule has 0 bridgehead atoms. The number of aromatic nitrogens is 5. The molecule has 0 radical (unpaired) electrons. The third-order valence-electron chi connectivity index (χ3n) is 5.79. The molecule has 0 aliphatic rings. The summed E-state index contributed by atoms with van der Waals surface area (Å²) in [6, 6.07) is 11.1. The van der Waals surface area contributed by atoms with Crippen molar-refractivity contribution < 1.29 is 23.8 Å². The average Bonchev–Trinajstić information content (AvgIpc) is 3.63. The lowest BCUT2D eigenvalue weighted by atomic mass is 10.1. The van der Waals surface area contributed by atoms with Gasteiger partial charge in [0.2, 0.25) is 16.8 Å². The maximum absolute atomic E-state index is 13.4. The number of nitrogens with zero attached hydrogens (tertiary/aromatic N) is 5. The predicted octanol–water partition coefficient (Wildman–Crippen LogP) is 5.40. The monoisotopic (exact) mass is 657 g/mol. The molecule has 2 N–H and O–H groups in total. The first-order valence-electron chi connectivity index (χ1n) is 14.1. The molecule has 0 saturated carbocycles. The van der Waals surface area contributed by atoms with Gasteiger partial charge in [0.25, 0.3) is 5.91 Å². The Morgan fingerprint density at radius 3 is 2.30 bits per heavy atom. The zero-order valence-electron chi connectivity index (χ0n) is 25.2. The molecule has 44 heavy (non-hydrogen) atoms. The second kappa shape index (κ2) is 16.3. The largest absolute Gasteiger partial charge is 0.490 e. The number of ether oxygens (including phenoxy) is 3. The summed E-state index contributed by atoms with van der Waals surface area (Å²) in [6.45, 7) is 10.9. The number of thioether (sulfide) groups is 2. The van der Waals surface area contributed by atoms with E-state index in [1.165, 1.54) is 23.1 Å². The Bertz CT molecular complexity index is 1550. The number of aryl methyl sites for hydroxylation is 1. The first-order chi connectivity index (χ1) is 21.4. The van der Waals surface area contributed by atoms with E-state index in [1.54, 1.807) is 23.9 Å². The van der Waals surface area contributed by atoms with Gasteiger partial charge in [-0.05, 0) is 63.3 Å². The molecule has 2 heterocycles. The SMILES string of the molecule is CCOc1cc(C(=O)NCc2nnc(SCC(=O)Nc3nnc(SCC)s3)n2-c2cccc(C)c2)cc(OCC)c1OCC. The predicted molar refractivity (Wildman–Crippen MR) is 173 cm³/mol. The number of rotatable bonds is 16. The summed E-state index contributed by atoms with van der Waals surface area (Å²) in [5.74, 6) is 2.19. The van der Waals surface area contributed by atoms with Crippen LogP contribution in [0.15, 0.2) is 45.9 Å². The van der Waals surface area contributed by atoms with Crippen LogP contribution < -0.4 is 24.8 Å². The van der Waals surface area contributed by atoms with Gasteiger partial charge >= 0.3 is 0 Å².